The number of nitrogens with zero attached hydrogens (tertiary/aromatic N) is 2. The Morgan fingerprint density at radius 3 is 2.52 bits per heavy atom. The van der Waals surface area contributed by atoms with E-state index in [4.69, 9.17) is 14.5 Å². The SMILES string of the molecule is CCNC(=NCC1(N2CCOCC2)CCCCC1)NCCC1CCCO1.I. The Hall–Kier alpha value is -0.120. The second-order valence-corrected chi connectivity index (χ2v) is 7.93. The Morgan fingerprint density at radius 2 is 1.85 bits per heavy atom. The standard InChI is InChI=1S/C20H38N4O2.HI/c1-2-21-19(22-11-8-18-7-6-14-26-18)23-17-20(9-4-3-5-10-20)24-12-15-25-16-13-24;/h18H,2-17H2,1H3,(H2,21,22,23);1H. The van der Waals surface area contributed by atoms with Crippen LogP contribution in [0.2, 0.25) is 0 Å². The van der Waals surface area contributed by atoms with Crippen LogP contribution in [0.3, 0.4) is 0 Å². The van der Waals surface area contributed by atoms with Gasteiger partial charge in [0.25, 0.3) is 0 Å². The van der Waals surface area contributed by atoms with Crippen LogP contribution < -0.4 is 10.6 Å². The molecule has 0 aromatic heterocycles. The molecule has 1 atom stereocenters. The first-order valence-electron chi connectivity index (χ1n) is 10.8. The maximum Gasteiger partial charge on any atom is 0.191 e. The number of nitrogens with one attached hydrogen (secondary N) is 2. The minimum absolute atomic E-state index is 0. The predicted molar refractivity (Wildman–Crippen MR) is 121 cm³/mol. The first-order chi connectivity index (χ1) is 12.8. The lowest BCUT2D eigenvalue weighted by Crippen LogP contribution is -2.56. The Kier molecular flexibility index (Phi) is 10.7. The van der Waals surface area contributed by atoms with Crippen molar-refractivity contribution in [3.63, 3.8) is 0 Å². The van der Waals surface area contributed by atoms with Crippen LogP contribution in [-0.2, 0) is 9.47 Å². The van der Waals surface area contributed by atoms with Crippen molar-refractivity contribution >= 4 is 29.9 Å². The van der Waals surface area contributed by atoms with Crippen molar-refractivity contribution in [1.29, 1.82) is 0 Å². The Bertz CT molecular complexity index is 432. The highest BCUT2D eigenvalue weighted by molar-refractivity contribution is 14.0. The van der Waals surface area contributed by atoms with Gasteiger partial charge in [-0.15, -0.1) is 24.0 Å². The van der Waals surface area contributed by atoms with E-state index in [1.165, 1.54) is 44.9 Å². The van der Waals surface area contributed by atoms with Crippen LogP contribution in [0.5, 0.6) is 0 Å². The molecule has 6 nitrogen and oxygen atoms in total. The highest BCUT2D eigenvalue weighted by Gasteiger charge is 2.38. The maximum atomic E-state index is 5.73. The summed E-state index contributed by atoms with van der Waals surface area (Å²) < 4.78 is 11.3. The summed E-state index contributed by atoms with van der Waals surface area (Å²) in [7, 11) is 0. The molecule has 0 bridgehead atoms. The van der Waals surface area contributed by atoms with Crippen molar-refractivity contribution in [3.05, 3.63) is 0 Å². The molecule has 1 aliphatic carbocycles. The summed E-state index contributed by atoms with van der Waals surface area (Å²) in [5.41, 5.74) is 0.235. The largest absolute Gasteiger partial charge is 0.379 e. The molecule has 0 amide bonds. The lowest BCUT2D eigenvalue weighted by Gasteiger charge is -2.47. The minimum Gasteiger partial charge on any atom is -0.379 e. The Morgan fingerprint density at radius 1 is 1.07 bits per heavy atom. The van der Waals surface area contributed by atoms with Crippen LogP contribution in [0.4, 0.5) is 0 Å². The van der Waals surface area contributed by atoms with E-state index < -0.39 is 0 Å². The summed E-state index contributed by atoms with van der Waals surface area (Å²) in [5, 5.41) is 6.95. The quantitative estimate of drug-likeness (QED) is 0.324. The van der Waals surface area contributed by atoms with Gasteiger partial charge in [-0.25, -0.2) is 0 Å². The van der Waals surface area contributed by atoms with Crippen molar-refractivity contribution < 1.29 is 9.47 Å². The van der Waals surface area contributed by atoms with Crippen molar-refractivity contribution in [2.24, 2.45) is 4.99 Å². The fourth-order valence-corrected chi connectivity index (χ4v) is 4.61. The number of guanidine groups is 1. The van der Waals surface area contributed by atoms with E-state index in [-0.39, 0.29) is 29.5 Å². The molecule has 0 aromatic carbocycles. The van der Waals surface area contributed by atoms with E-state index in [1.807, 2.05) is 0 Å². The van der Waals surface area contributed by atoms with Gasteiger partial charge in [0.1, 0.15) is 0 Å². The van der Waals surface area contributed by atoms with Crippen LogP contribution in [0, 0.1) is 0 Å². The van der Waals surface area contributed by atoms with Gasteiger partial charge in [-0.1, -0.05) is 19.3 Å². The third kappa shape index (κ3) is 7.01. The molecule has 7 heteroatoms. The molecule has 0 radical (unpaired) electrons. The monoisotopic (exact) mass is 494 g/mol. The summed E-state index contributed by atoms with van der Waals surface area (Å²) in [5.74, 6) is 0.962. The topological polar surface area (TPSA) is 58.1 Å². The highest BCUT2D eigenvalue weighted by Crippen LogP contribution is 2.34. The van der Waals surface area contributed by atoms with Crippen LogP contribution in [0.15, 0.2) is 4.99 Å². The predicted octanol–water partition coefficient (Wildman–Crippen LogP) is 2.76. The van der Waals surface area contributed by atoms with Crippen molar-refractivity contribution in [3.8, 4) is 0 Å². The molecule has 0 aromatic rings. The van der Waals surface area contributed by atoms with Crippen LogP contribution >= 0.6 is 24.0 Å². The van der Waals surface area contributed by atoms with Crippen molar-refractivity contribution in [2.45, 2.75) is 69.9 Å². The van der Waals surface area contributed by atoms with Crippen LogP contribution in [-0.4, -0.2) is 75.0 Å². The second-order valence-electron chi connectivity index (χ2n) is 7.93. The summed E-state index contributed by atoms with van der Waals surface area (Å²) in [6.07, 6.45) is 10.5. The smallest absolute Gasteiger partial charge is 0.191 e. The zero-order valence-corrected chi connectivity index (χ0v) is 19.3. The molecule has 1 unspecified atom stereocenters. The third-order valence-electron chi connectivity index (χ3n) is 6.12. The van der Waals surface area contributed by atoms with E-state index in [1.54, 1.807) is 0 Å². The second kappa shape index (κ2) is 12.4. The van der Waals surface area contributed by atoms with E-state index in [2.05, 4.69) is 22.5 Å². The minimum atomic E-state index is 0. The maximum absolute atomic E-state index is 5.73. The molecule has 3 aliphatic rings. The molecule has 2 aliphatic heterocycles. The molecule has 2 saturated heterocycles. The molecule has 3 fully saturated rings. The molecule has 2 N–H and O–H groups in total. The highest BCUT2D eigenvalue weighted by atomic mass is 127. The van der Waals surface area contributed by atoms with Crippen molar-refractivity contribution in [1.82, 2.24) is 15.5 Å². The molecular formula is C20H39IN4O2. The average molecular weight is 494 g/mol. The van der Waals surface area contributed by atoms with Crippen LogP contribution in [0.25, 0.3) is 0 Å². The van der Waals surface area contributed by atoms with E-state index in [0.29, 0.717) is 6.10 Å². The van der Waals surface area contributed by atoms with Crippen LogP contribution in [0.1, 0.15) is 58.3 Å². The van der Waals surface area contributed by atoms with Gasteiger partial charge in [0, 0.05) is 38.3 Å². The molecule has 1 saturated carbocycles. The zero-order valence-electron chi connectivity index (χ0n) is 17.0. The summed E-state index contributed by atoms with van der Waals surface area (Å²) in [6.45, 7) is 9.63. The number of aliphatic imine (C=N–C) groups is 1. The zero-order chi connectivity index (χ0) is 18.1. The number of ether oxygens (including phenoxy) is 2. The average Bonchev–Trinajstić information content (AvgIpc) is 3.21. The summed E-state index contributed by atoms with van der Waals surface area (Å²) in [6, 6.07) is 0. The fraction of sp³-hybridized carbons (Fsp3) is 0.950. The summed E-state index contributed by atoms with van der Waals surface area (Å²) >= 11 is 0. The van der Waals surface area contributed by atoms with Gasteiger partial charge in [-0.05, 0) is 39.0 Å². The van der Waals surface area contributed by atoms with Gasteiger partial charge in [0.05, 0.1) is 25.9 Å². The van der Waals surface area contributed by atoms with Gasteiger partial charge >= 0.3 is 0 Å². The lowest BCUT2D eigenvalue weighted by molar-refractivity contribution is -0.0333. The Labute approximate surface area is 182 Å². The first kappa shape index (κ1) is 23.2. The number of hydrogen-bond acceptors (Lipinski definition) is 4. The molecular weight excluding hydrogens is 455 g/mol. The van der Waals surface area contributed by atoms with Gasteiger partial charge in [-0.3, -0.25) is 9.89 Å². The molecule has 0 spiro atoms. The third-order valence-corrected chi connectivity index (χ3v) is 6.12. The lowest BCUT2D eigenvalue weighted by atomic mass is 9.80. The fourth-order valence-electron chi connectivity index (χ4n) is 4.61. The number of rotatable bonds is 7. The summed E-state index contributed by atoms with van der Waals surface area (Å²) in [4.78, 5) is 7.68. The van der Waals surface area contributed by atoms with E-state index >= 15 is 0 Å². The molecule has 2 heterocycles. The molecule has 27 heavy (non-hydrogen) atoms. The first-order valence-corrected chi connectivity index (χ1v) is 10.8. The normalized spacial score (nSPS) is 26.4. The van der Waals surface area contributed by atoms with Gasteiger partial charge in [0.15, 0.2) is 5.96 Å². The van der Waals surface area contributed by atoms with Gasteiger partial charge in [0.2, 0.25) is 0 Å². The number of hydrogen-bond donors (Lipinski definition) is 2. The number of morpholine rings is 1. The van der Waals surface area contributed by atoms with E-state index in [9.17, 15) is 0 Å². The Balaban J connectivity index is 0.00000261. The van der Waals surface area contributed by atoms with Gasteiger partial charge in [-0.2, -0.15) is 0 Å². The molecule has 3 rings (SSSR count). The number of halogens is 1. The van der Waals surface area contributed by atoms with Crippen molar-refractivity contribution in [2.75, 3.05) is 52.5 Å². The van der Waals surface area contributed by atoms with Gasteiger partial charge < -0.3 is 20.1 Å². The molecule has 158 valence electrons. The van der Waals surface area contributed by atoms with E-state index in [0.717, 1.165) is 64.9 Å².